The van der Waals surface area contributed by atoms with Gasteiger partial charge in [-0.2, -0.15) is 0 Å². The first-order valence-corrected chi connectivity index (χ1v) is 9.94. The van der Waals surface area contributed by atoms with E-state index in [1.54, 1.807) is 0 Å². The standard InChI is InChI=1S/C20H40O2/c1-2-3-4-5-6-7-8-9-10-11-12-13-14-15-16-17-18-20(22)19-21/h19-20,22H,2-18H2,1H3. The Kier molecular flexibility index (Phi) is 18.4. The molecule has 1 atom stereocenters. The molecule has 2 heteroatoms. The van der Waals surface area contributed by atoms with Crippen LogP contribution in [0, 0.1) is 0 Å². The van der Waals surface area contributed by atoms with Crippen LogP contribution in [0.25, 0.3) is 0 Å². The molecule has 0 bridgehead atoms. The smallest absolute Gasteiger partial charge is 0.148 e. The van der Waals surface area contributed by atoms with Gasteiger partial charge in [-0.05, 0) is 6.42 Å². The highest BCUT2D eigenvalue weighted by Crippen LogP contribution is 2.14. The lowest BCUT2D eigenvalue weighted by Gasteiger charge is -2.04. The van der Waals surface area contributed by atoms with E-state index in [0.717, 1.165) is 12.8 Å². The summed E-state index contributed by atoms with van der Waals surface area (Å²) in [6.07, 6.45) is 22.2. The zero-order valence-corrected chi connectivity index (χ0v) is 15.0. The molecule has 1 N–H and O–H groups in total. The normalized spacial score (nSPS) is 12.5. The average Bonchev–Trinajstić information content (AvgIpc) is 2.54. The molecule has 0 aliphatic carbocycles. The summed E-state index contributed by atoms with van der Waals surface area (Å²) in [5.41, 5.74) is 0. The Hall–Kier alpha value is -0.370. The van der Waals surface area contributed by atoms with E-state index in [9.17, 15) is 4.79 Å². The molecule has 0 amide bonds. The topological polar surface area (TPSA) is 37.3 Å². The van der Waals surface area contributed by atoms with Gasteiger partial charge in [-0.15, -0.1) is 0 Å². The molecule has 0 saturated carbocycles. The Morgan fingerprint density at radius 2 is 0.955 bits per heavy atom. The second-order valence-corrected chi connectivity index (χ2v) is 6.80. The quantitative estimate of drug-likeness (QED) is 0.242. The molecular formula is C20H40O2. The molecule has 22 heavy (non-hydrogen) atoms. The van der Waals surface area contributed by atoms with Gasteiger partial charge in [0, 0.05) is 0 Å². The maximum atomic E-state index is 10.2. The van der Waals surface area contributed by atoms with Crippen molar-refractivity contribution in [2.75, 3.05) is 0 Å². The van der Waals surface area contributed by atoms with Gasteiger partial charge in [-0.25, -0.2) is 0 Å². The molecule has 0 aromatic rings. The van der Waals surface area contributed by atoms with E-state index >= 15 is 0 Å². The van der Waals surface area contributed by atoms with Crippen molar-refractivity contribution in [3.05, 3.63) is 0 Å². The van der Waals surface area contributed by atoms with E-state index in [4.69, 9.17) is 5.11 Å². The number of rotatable bonds is 18. The summed E-state index contributed by atoms with van der Waals surface area (Å²) in [7, 11) is 0. The van der Waals surface area contributed by atoms with Crippen molar-refractivity contribution in [2.45, 2.75) is 122 Å². The van der Waals surface area contributed by atoms with Crippen LogP contribution in [-0.4, -0.2) is 17.5 Å². The minimum Gasteiger partial charge on any atom is -0.386 e. The molecule has 0 radical (unpaired) electrons. The predicted octanol–water partition coefficient (Wildman–Crippen LogP) is 6.20. The monoisotopic (exact) mass is 312 g/mol. The van der Waals surface area contributed by atoms with Gasteiger partial charge in [-0.3, -0.25) is 0 Å². The highest BCUT2D eigenvalue weighted by Gasteiger charge is 2.00. The van der Waals surface area contributed by atoms with E-state index < -0.39 is 6.10 Å². The molecule has 0 aromatic heterocycles. The molecule has 0 aliphatic heterocycles. The van der Waals surface area contributed by atoms with E-state index in [1.807, 2.05) is 0 Å². The summed E-state index contributed by atoms with van der Waals surface area (Å²) in [5.74, 6) is 0. The van der Waals surface area contributed by atoms with Gasteiger partial charge in [0.15, 0.2) is 0 Å². The van der Waals surface area contributed by atoms with Crippen LogP contribution in [-0.2, 0) is 4.79 Å². The first-order chi connectivity index (χ1) is 10.8. The van der Waals surface area contributed by atoms with Crippen molar-refractivity contribution in [1.29, 1.82) is 0 Å². The Bertz CT molecular complexity index is 216. The Labute approximate surface area is 139 Å². The fourth-order valence-corrected chi connectivity index (χ4v) is 2.97. The largest absolute Gasteiger partial charge is 0.386 e. The lowest BCUT2D eigenvalue weighted by atomic mass is 10.0. The molecular weight excluding hydrogens is 272 g/mol. The van der Waals surface area contributed by atoms with Gasteiger partial charge >= 0.3 is 0 Å². The SMILES string of the molecule is CCCCCCCCCCCCCCCCCCC(O)C=O. The molecule has 0 aromatic carbocycles. The number of carbonyl (C=O) groups is 1. The van der Waals surface area contributed by atoms with Crippen LogP contribution in [0.5, 0.6) is 0 Å². The van der Waals surface area contributed by atoms with E-state index in [0.29, 0.717) is 12.7 Å². The van der Waals surface area contributed by atoms with Gasteiger partial charge in [-0.1, -0.05) is 110 Å². The summed E-state index contributed by atoms with van der Waals surface area (Å²) in [6.45, 7) is 2.28. The van der Waals surface area contributed by atoms with Crippen LogP contribution in [0.3, 0.4) is 0 Å². The highest BCUT2D eigenvalue weighted by atomic mass is 16.3. The summed E-state index contributed by atoms with van der Waals surface area (Å²) >= 11 is 0. The molecule has 0 fully saturated rings. The van der Waals surface area contributed by atoms with Crippen LogP contribution >= 0.6 is 0 Å². The van der Waals surface area contributed by atoms with Gasteiger partial charge in [0.25, 0.3) is 0 Å². The van der Waals surface area contributed by atoms with Crippen molar-refractivity contribution in [3.8, 4) is 0 Å². The number of aliphatic hydroxyl groups excluding tert-OH is 1. The molecule has 0 spiro atoms. The number of carbonyl (C=O) groups excluding carboxylic acids is 1. The molecule has 2 nitrogen and oxygen atoms in total. The van der Waals surface area contributed by atoms with Gasteiger partial charge < -0.3 is 9.90 Å². The molecule has 0 aliphatic rings. The summed E-state index contributed by atoms with van der Waals surface area (Å²) in [6, 6.07) is 0. The average molecular weight is 313 g/mol. The molecule has 0 rings (SSSR count). The third-order valence-corrected chi connectivity index (χ3v) is 4.51. The van der Waals surface area contributed by atoms with Crippen LogP contribution in [0.1, 0.15) is 116 Å². The first-order valence-electron chi connectivity index (χ1n) is 9.94. The zero-order valence-electron chi connectivity index (χ0n) is 15.0. The van der Waals surface area contributed by atoms with Crippen molar-refractivity contribution >= 4 is 6.29 Å². The summed E-state index contributed by atoms with van der Waals surface area (Å²) < 4.78 is 0. The van der Waals surface area contributed by atoms with Crippen molar-refractivity contribution in [2.24, 2.45) is 0 Å². The molecule has 132 valence electrons. The van der Waals surface area contributed by atoms with Crippen molar-refractivity contribution in [1.82, 2.24) is 0 Å². The third kappa shape index (κ3) is 17.7. The van der Waals surface area contributed by atoms with Crippen LogP contribution in [0.2, 0.25) is 0 Å². The maximum absolute atomic E-state index is 10.2. The third-order valence-electron chi connectivity index (χ3n) is 4.51. The highest BCUT2D eigenvalue weighted by molar-refractivity contribution is 5.55. The van der Waals surface area contributed by atoms with Gasteiger partial charge in [0.2, 0.25) is 0 Å². The lowest BCUT2D eigenvalue weighted by Crippen LogP contribution is -2.06. The Morgan fingerprint density at radius 1 is 0.636 bits per heavy atom. The second kappa shape index (κ2) is 18.7. The maximum Gasteiger partial charge on any atom is 0.148 e. The van der Waals surface area contributed by atoms with Crippen LogP contribution in [0.15, 0.2) is 0 Å². The number of aldehydes is 1. The fourth-order valence-electron chi connectivity index (χ4n) is 2.97. The minimum atomic E-state index is -0.730. The number of aliphatic hydroxyl groups is 1. The van der Waals surface area contributed by atoms with Crippen molar-refractivity contribution < 1.29 is 9.90 Å². The Balaban J connectivity index is 2.98. The fraction of sp³-hybridized carbons (Fsp3) is 0.950. The Morgan fingerprint density at radius 3 is 1.27 bits per heavy atom. The first kappa shape index (κ1) is 21.6. The van der Waals surface area contributed by atoms with Gasteiger partial charge in [0.05, 0.1) is 0 Å². The number of hydrogen-bond acceptors (Lipinski definition) is 2. The van der Waals surface area contributed by atoms with E-state index in [2.05, 4.69) is 6.92 Å². The predicted molar refractivity (Wildman–Crippen MR) is 96.2 cm³/mol. The minimum absolute atomic E-state index is 0.641. The lowest BCUT2D eigenvalue weighted by molar-refractivity contribution is -0.115. The van der Waals surface area contributed by atoms with Gasteiger partial charge in [0.1, 0.15) is 12.4 Å². The van der Waals surface area contributed by atoms with Crippen LogP contribution in [0.4, 0.5) is 0 Å². The number of hydrogen-bond donors (Lipinski definition) is 1. The number of unbranched alkanes of at least 4 members (excludes halogenated alkanes) is 15. The van der Waals surface area contributed by atoms with Crippen molar-refractivity contribution in [3.63, 3.8) is 0 Å². The van der Waals surface area contributed by atoms with E-state index in [-0.39, 0.29) is 0 Å². The second-order valence-electron chi connectivity index (χ2n) is 6.80. The molecule has 0 saturated heterocycles. The van der Waals surface area contributed by atoms with E-state index in [1.165, 1.54) is 89.9 Å². The summed E-state index contributed by atoms with van der Waals surface area (Å²) in [5, 5.41) is 9.11. The zero-order chi connectivity index (χ0) is 16.3. The molecule has 1 unspecified atom stereocenters. The molecule has 0 heterocycles. The van der Waals surface area contributed by atoms with Crippen LogP contribution < -0.4 is 0 Å². The summed E-state index contributed by atoms with van der Waals surface area (Å²) in [4.78, 5) is 10.2.